The van der Waals surface area contributed by atoms with E-state index in [4.69, 9.17) is 0 Å². The summed E-state index contributed by atoms with van der Waals surface area (Å²) in [5.74, 6) is 0.864. The number of rotatable bonds is 7. The highest BCUT2D eigenvalue weighted by atomic mass is 32.2. The summed E-state index contributed by atoms with van der Waals surface area (Å²) in [7, 11) is 0. The number of nitrogens with zero attached hydrogens (tertiary/aromatic N) is 5. The summed E-state index contributed by atoms with van der Waals surface area (Å²) in [5, 5.41) is 16.0. The molecule has 0 aliphatic carbocycles. The zero-order chi connectivity index (χ0) is 12.8. The van der Waals surface area contributed by atoms with Crippen LogP contribution in [0.2, 0.25) is 0 Å². The van der Waals surface area contributed by atoms with Crippen LogP contribution in [0.5, 0.6) is 0 Å². The summed E-state index contributed by atoms with van der Waals surface area (Å²) >= 11 is 3.29. The minimum atomic E-state index is 0.481. The van der Waals surface area contributed by atoms with Gasteiger partial charge in [-0.25, -0.2) is 4.68 Å². The largest absolute Gasteiger partial charge is 0.313 e. The lowest BCUT2D eigenvalue weighted by molar-refractivity contribution is 0.485. The van der Waals surface area contributed by atoms with Crippen molar-refractivity contribution >= 4 is 23.1 Å². The predicted octanol–water partition coefficient (Wildman–Crippen LogP) is 1.42. The van der Waals surface area contributed by atoms with E-state index in [1.807, 2.05) is 16.4 Å². The smallest absolute Gasteiger partial charge is 0.209 e. The number of nitrogens with one attached hydrogen (secondary N) is 1. The van der Waals surface area contributed by atoms with E-state index >= 15 is 0 Å². The molecule has 0 aliphatic heterocycles. The van der Waals surface area contributed by atoms with Crippen molar-refractivity contribution < 1.29 is 0 Å². The highest BCUT2D eigenvalue weighted by Crippen LogP contribution is 2.21. The van der Waals surface area contributed by atoms with E-state index in [9.17, 15) is 0 Å². The van der Waals surface area contributed by atoms with Gasteiger partial charge in [-0.1, -0.05) is 25.6 Å². The second-order valence-corrected chi connectivity index (χ2v) is 5.96. The van der Waals surface area contributed by atoms with E-state index < -0.39 is 0 Å². The zero-order valence-electron chi connectivity index (χ0n) is 10.4. The van der Waals surface area contributed by atoms with E-state index in [1.165, 1.54) is 4.88 Å². The van der Waals surface area contributed by atoms with Gasteiger partial charge in [0.05, 0.1) is 12.1 Å². The topological polar surface area (TPSA) is 68.5 Å². The van der Waals surface area contributed by atoms with Crippen molar-refractivity contribution in [1.29, 1.82) is 0 Å². The number of hydrogen-bond acceptors (Lipinski definition) is 7. The van der Waals surface area contributed by atoms with Crippen molar-refractivity contribution in [1.82, 2.24) is 30.5 Å². The van der Waals surface area contributed by atoms with Gasteiger partial charge < -0.3 is 5.32 Å². The molecule has 2 aromatic rings. The first-order valence-corrected chi connectivity index (χ1v) is 7.62. The van der Waals surface area contributed by atoms with Crippen LogP contribution in [0.15, 0.2) is 16.9 Å². The highest BCUT2D eigenvalue weighted by Gasteiger charge is 2.07. The highest BCUT2D eigenvalue weighted by molar-refractivity contribution is 7.98. The molecular formula is C10H16N6S2. The van der Waals surface area contributed by atoms with E-state index in [2.05, 4.69) is 39.7 Å². The standard InChI is InChI=1S/C10H16N6S2/c1-8(2)12-3-4-16-10(13-14-15-16)17-6-9-5-11-7-18-9/h5,7-8,12H,3-4,6H2,1-2H3. The van der Waals surface area contributed by atoms with Crippen LogP contribution in [-0.2, 0) is 12.3 Å². The summed E-state index contributed by atoms with van der Waals surface area (Å²) in [6.07, 6.45) is 1.88. The van der Waals surface area contributed by atoms with Gasteiger partial charge in [0.15, 0.2) is 0 Å². The van der Waals surface area contributed by atoms with Crippen LogP contribution in [-0.4, -0.2) is 37.8 Å². The number of aromatic nitrogens is 5. The lowest BCUT2D eigenvalue weighted by atomic mass is 10.4. The summed E-state index contributed by atoms with van der Waals surface area (Å²) in [6, 6.07) is 0.481. The number of thiazole rings is 1. The molecule has 2 heterocycles. The molecule has 6 nitrogen and oxygen atoms in total. The molecule has 98 valence electrons. The fraction of sp³-hybridized carbons (Fsp3) is 0.600. The van der Waals surface area contributed by atoms with Crippen LogP contribution in [0.4, 0.5) is 0 Å². The molecule has 0 unspecified atom stereocenters. The first kappa shape index (κ1) is 13.4. The molecule has 2 aromatic heterocycles. The van der Waals surface area contributed by atoms with Gasteiger partial charge in [0.1, 0.15) is 0 Å². The first-order chi connectivity index (χ1) is 8.75. The molecule has 0 amide bonds. The first-order valence-electron chi connectivity index (χ1n) is 5.75. The van der Waals surface area contributed by atoms with Crippen LogP contribution in [0.1, 0.15) is 18.7 Å². The Morgan fingerprint density at radius 3 is 3.11 bits per heavy atom. The third-order valence-electron chi connectivity index (χ3n) is 2.20. The fourth-order valence-corrected chi connectivity index (χ4v) is 2.89. The van der Waals surface area contributed by atoms with E-state index in [0.717, 1.165) is 24.0 Å². The van der Waals surface area contributed by atoms with Crippen LogP contribution < -0.4 is 5.32 Å². The number of hydrogen-bond donors (Lipinski definition) is 1. The second-order valence-electron chi connectivity index (χ2n) is 4.05. The molecule has 0 spiro atoms. The van der Waals surface area contributed by atoms with Gasteiger partial charge in [0.2, 0.25) is 5.16 Å². The molecule has 0 radical (unpaired) electrons. The molecule has 0 bridgehead atoms. The Morgan fingerprint density at radius 1 is 1.50 bits per heavy atom. The molecule has 0 saturated heterocycles. The molecular weight excluding hydrogens is 268 g/mol. The van der Waals surface area contributed by atoms with Crippen molar-refractivity contribution in [3.63, 3.8) is 0 Å². The monoisotopic (exact) mass is 284 g/mol. The Hall–Kier alpha value is -0.990. The van der Waals surface area contributed by atoms with E-state index in [0.29, 0.717) is 6.04 Å². The summed E-state index contributed by atoms with van der Waals surface area (Å²) < 4.78 is 1.83. The second kappa shape index (κ2) is 6.81. The van der Waals surface area contributed by atoms with Gasteiger partial charge in [-0.3, -0.25) is 4.98 Å². The average molecular weight is 284 g/mol. The molecule has 18 heavy (non-hydrogen) atoms. The maximum Gasteiger partial charge on any atom is 0.209 e. The molecule has 0 saturated carbocycles. The molecule has 0 aliphatic rings. The third-order valence-corrected chi connectivity index (χ3v) is 4.17. The SMILES string of the molecule is CC(C)NCCn1nnnc1SCc1cncs1. The lowest BCUT2D eigenvalue weighted by Crippen LogP contribution is -2.27. The Bertz CT molecular complexity index is 453. The van der Waals surface area contributed by atoms with Crippen molar-refractivity contribution in [2.45, 2.75) is 37.3 Å². The third kappa shape index (κ3) is 4.04. The summed E-state index contributed by atoms with van der Waals surface area (Å²) in [4.78, 5) is 5.28. The molecule has 2 rings (SSSR count). The zero-order valence-corrected chi connectivity index (χ0v) is 12.0. The van der Waals surface area contributed by atoms with Crippen molar-refractivity contribution in [2.24, 2.45) is 0 Å². The van der Waals surface area contributed by atoms with Crippen molar-refractivity contribution in [3.05, 3.63) is 16.6 Å². The Morgan fingerprint density at radius 2 is 2.39 bits per heavy atom. The number of thioether (sulfide) groups is 1. The van der Waals surface area contributed by atoms with E-state index in [1.54, 1.807) is 23.1 Å². The average Bonchev–Trinajstić information content (AvgIpc) is 2.96. The predicted molar refractivity (Wildman–Crippen MR) is 72.6 cm³/mol. The molecule has 0 atom stereocenters. The molecule has 0 aromatic carbocycles. The van der Waals surface area contributed by atoms with Crippen LogP contribution in [0.25, 0.3) is 0 Å². The molecule has 0 fully saturated rings. The Balaban J connectivity index is 1.83. The van der Waals surface area contributed by atoms with Crippen LogP contribution in [0.3, 0.4) is 0 Å². The fourth-order valence-electron chi connectivity index (χ4n) is 1.35. The minimum absolute atomic E-state index is 0.481. The Labute approximate surface area is 114 Å². The van der Waals surface area contributed by atoms with Crippen molar-refractivity contribution in [2.75, 3.05) is 6.54 Å². The van der Waals surface area contributed by atoms with Crippen LogP contribution >= 0.6 is 23.1 Å². The van der Waals surface area contributed by atoms with Gasteiger partial charge >= 0.3 is 0 Å². The summed E-state index contributed by atoms with van der Waals surface area (Å²) in [6.45, 7) is 5.91. The van der Waals surface area contributed by atoms with Crippen molar-refractivity contribution in [3.8, 4) is 0 Å². The van der Waals surface area contributed by atoms with Gasteiger partial charge in [0, 0.05) is 29.4 Å². The molecule has 1 N–H and O–H groups in total. The van der Waals surface area contributed by atoms with Gasteiger partial charge in [-0.2, -0.15) is 0 Å². The quantitative estimate of drug-likeness (QED) is 0.776. The lowest BCUT2D eigenvalue weighted by Gasteiger charge is -2.08. The van der Waals surface area contributed by atoms with Gasteiger partial charge in [-0.05, 0) is 10.4 Å². The minimum Gasteiger partial charge on any atom is -0.313 e. The molecule has 8 heteroatoms. The van der Waals surface area contributed by atoms with Crippen LogP contribution in [0, 0.1) is 0 Å². The summed E-state index contributed by atoms with van der Waals surface area (Å²) in [5.41, 5.74) is 1.84. The maximum atomic E-state index is 4.05. The van der Waals surface area contributed by atoms with Gasteiger partial charge in [-0.15, -0.1) is 16.4 Å². The number of tetrazole rings is 1. The van der Waals surface area contributed by atoms with Gasteiger partial charge in [0.25, 0.3) is 0 Å². The maximum absolute atomic E-state index is 4.05. The normalized spacial score (nSPS) is 11.3. The Kier molecular flexibility index (Phi) is 5.09. The van der Waals surface area contributed by atoms with E-state index in [-0.39, 0.29) is 0 Å².